The molecule has 0 fully saturated rings. The van der Waals surface area contributed by atoms with Gasteiger partial charge in [-0.2, -0.15) is 0 Å². The largest absolute Gasteiger partial charge is 0.336 e. The summed E-state index contributed by atoms with van der Waals surface area (Å²) in [7, 11) is 0. The molecule has 0 spiro atoms. The lowest BCUT2D eigenvalue weighted by Crippen LogP contribution is -2.30. The predicted molar refractivity (Wildman–Crippen MR) is 78.5 cm³/mol. The van der Waals surface area contributed by atoms with Gasteiger partial charge in [0.05, 0.1) is 0 Å². The highest BCUT2D eigenvalue weighted by Crippen LogP contribution is 2.25. The first-order valence-corrected chi connectivity index (χ1v) is 7.56. The Kier molecular flexibility index (Phi) is 3.75. The molecule has 0 aliphatic carbocycles. The molecule has 1 aliphatic rings. The maximum atomic E-state index is 4.49. The number of hydrogen-bond donors (Lipinski definition) is 1. The van der Waals surface area contributed by atoms with Crippen LogP contribution in [0, 0.1) is 0 Å². The summed E-state index contributed by atoms with van der Waals surface area (Å²) in [5.41, 5.74) is 2.57. The second-order valence-electron chi connectivity index (χ2n) is 4.71. The molecule has 1 N–H and O–H groups in total. The molecular formula is C14H18N4S. The fraction of sp³-hybridized carbons (Fsp3) is 0.429. The molecule has 4 nitrogen and oxygen atoms in total. The monoisotopic (exact) mass is 274 g/mol. The number of aromatic nitrogens is 2. The topological polar surface area (TPSA) is 41.1 Å². The molecule has 0 aromatic carbocycles. The SMILES string of the molecule is CCNCc1cnc(N2CCc3sccc3C2)nc1. The van der Waals surface area contributed by atoms with Gasteiger partial charge in [0, 0.05) is 42.5 Å². The van der Waals surface area contributed by atoms with Crippen molar-refractivity contribution in [1.29, 1.82) is 0 Å². The van der Waals surface area contributed by atoms with Gasteiger partial charge in [-0.1, -0.05) is 6.92 Å². The molecule has 5 heteroatoms. The molecule has 100 valence electrons. The Bertz CT molecular complexity index is 535. The second kappa shape index (κ2) is 5.67. The fourth-order valence-electron chi connectivity index (χ4n) is 2.29. The van der Waals surface area contributed by atoms with Gasteiger partial charge in [-0.25, -0.2) is 9.97 Å². The van der Waals surface area contributed by atoms with Crippen LogP contribution in [0.4, 0.5) is 5.95 Å². The minimum atomic E-state index is 0.839. The molecule has 2 aromatic heterocycles. The van der Waals surface area contributed by atoms with Gasteiger partial charge in [-0.05, 0) is 30.0 Å². The van der Waals surface area contributed by atoms with E-state index in [1.807, 2.05) is 23.7 Å². The van der Waals surface area contributed by atoms with Crippen molar-refractivity contribution in [2.75, 3.05) is 18.0 Å². The number of thiophene rings is 1. The Hall–Kier alpha value is -1.46. The highest BCUT2D eigenvalue weighted by Gasteiger charge is 2.18. The van der Waals surface area contributed by atoms with E-state index < -0.39 is 0 Å². The van der Waals surface area contributed by atoms with Crippen molar-refractivity contribution in [3.63, 3.8) is 0 Å². The third-order valence-electron chi connectivity index (χ3n) is 3.36. The van der Waals surface area contributed by atoms with Crippen LogP contribution in [0.2, 0.25) is 0 Å². The van der Waals surface area contributed by atoms with Crippen LogP contribution in [-0.2, 0) is 19.5 Å². The van der Waals surface area contributed by atoms with Crippen molar-refractivity contribution in [2.45, 2.75) is 26.4 Å². The zero-order valence-corrected chi connectivity index (χ0v) is 11.9. The molecular weight excluding hydrogens is 256 g/mol. The van der Waals surface area contributed by atoms with Crippen LogP contribution in [0.3, 0.4) is 0 Å². The van der Waals surface area contributed by atoms with Gasteiger partial charge in [0.1, 0.15) is 0 Å². The highest BCUT2D eigenvalue weighted by atomic mass is 32.1. The van der Waals surface area contributed by atoms with E-state index in [0.717, 1.165) is 44.1 Å². The molecule has 0 saturated heterocycles. The van der Waals surface area contributed by atoms with E-state index in [2.05, 4.69) is 38.6 Å². The van der Waals surface area contributed by atoms with E-state index in [4.69, 9.17) is 0 Å². The number of hydrogen-bond acceptors (Lipinski definition) is 5. The van der Waals surface area contributed by atoms with Gasteiger partial charge in [0.15, 0.2) is 0 Å². The third-order valence-corrected chi connectivity index (χ3v) is 4.38. The second-order valence-corrected chi connectivity index (χ2v) is 5.71. The summed E-state index contributed by atoms with van der Waals surface area (Å²) in [5.74, 6) is 0.845. The number of fused-ring (bicyclic) bond motifs is 1. The minimum Gasteiger partial charge on any atom is -0.336 e. The average molecular weight is 274 g/mol. The quantitative estimate of drug-likeness (QED) is 0.928. The predicted octanol–water partition coefficient (Wildman–Crippen LogP) is 2.21. The van der Waals surface area contributed by atoms with Gasteiger partial charge in [0.2, 0.25) is 5.95 Å². The van der Waals surface area contributed by atoms with Crippen LogP contribution >= 0.6 is 11.3 Å². The van der Waals surface area contributed by atoms with Gasteiger partial charge < -0.3 is 10.2 Å². The maximum Gasteiger partial charge on any atom is 0.225 e. The summed E-state index contributed by atoms with van der Waals surface area (Å²) in [6, 6.07) is 2.21. The molecule has 19 heavy (non-hydrogen) atoms. The molecule has 3 heterocycles. The van der Waals surface area contributed by atoms with E-state index in [0.29, 0.717) is 0 Å². The number of anilines is 1. The first kappa shape index (κ1) is 12.6. The van der Waals surface area contributed by atoms with E-state index in [1.54, 1.807) is 0 Å². The van der Waals surface area contributed by atoms with Crippen LogP contribution in [0.25, 0.3) is 0 Å². The molecule has 0 atom stereocenters. The van der Waals surface area contributed by atoms with Crippen LogP contribution in [0.5, 0.6) is 0 Å². The van der Waals surface area contributed by atoms with Crippen LogP contribution in [-0.4, -0.2) is 23.1 Å². The Labute approximate surface area is 117 Å². The zero-order chi connectivity index (χ0) is 13.1. The molecule has 0 saturated carbocycles. The molecule has 0 radical (unpaired) electrons. The number of rotatable bonds is 4. The minimum absolute atomic E-state index is 0.839. The van der Waals surface area contributed by atoms with Crippen LogP contribution in [0.15, 0.2) is 23.8 Å². The van der Waals surface area contributed by atoms with E-state index in [9.17, 15) is 0 Å². The van der Waals surface area contributed by atoms with Crippen molar-refractivity contribution in [3.8, 4) is 0 Å². The molecule has 3 rings (SSSR count). The number of nitrogens with one attached hydrogen (secondary N) is 1. The summed E-state index contributed by atoms with van der Waals surface area (Å²) in [5, 5.41) is 5.46. The summed E-state index contributed by atoms with van der Waals surface area (Å²) >= 11 is 1.86. The molecule has 0 unspecified atom stereocenters. The zero-order valence-electron chi connectivity index (χ0n) is 11.1. The molecule has 0 amide bonds. The van der Waals surface area contributed by atoms with Gasteiger partial charge in [-0.3, -0.25) is 0 Å². The summed E-state index contributed by atoms with van der Waals surface area (Å²) in [6.45, 7) is 5.85. The molecule has 2 aromatic rings. The van der Waals surface area contributed by atoms with Crippen molar-refractivity contribution < 1.29 is 0 Å². The van der Waals surface area contributed by atoms with Gasteiger partial charge in [0.25, 0.3) is 0 Å². The standard InChI is InChI=1S/C14H18N4S/c1-2-15-7-11-8-16-14(17-9-11)18-5-3-13-12(10-18)4-6-19-13/h4,6,8-9,15H,2-3,5,7,10H2,1H3. The van der Waals surface area contributed by atoms with Crippen molar-refractivity contribution in [3.05, 3.63) is 39.8 Å². The Morgan fingerprint density at radius 2 is 2.21 bits per heavy atom. The average Bonchev–Trinajstić information content (AvgIpc) is 2.93. The van der Waals surface area contributed by atoms with E-state index in [-0.39, 0.29) is 0 Å². The van der Waals surface area contributed by atoms with Crippen molar-refractivity contribution >= 4 is 17.3 Å². The van der Waals surface area contributed by atoms with E-state index >= 15 is 0 Å². The lowest BCUT2D eigenvalue weighted by Gasteiger charge is -2.26. The van der Waals surface area contributed by atoms with Gasteiger partial charge >= 0.3 is 0 Å². The molecule has 1 aliphatic heterocycles. The summed E-state index contributed by atoms with van der Waals surface area (Å²) < 4.78 is 0. The normalized spacial score (nSPS) is 14.5. The summed E-state index contributed by atoms with van der Waals surface area (Å²) in [4.78, 5) is 12.8. The van der Waals surface area contributed by atoms with E-state index in [1.165, 1.54) is 10.4 Å². The lowest BCUT2D eigenvalue weighted by atomic mass is 10.1. The van der Waals surface area contributed by atoms with Gasteiger partial charge in [-0.15, -0.1) is 11.3 Å². The van der Waals surface area contributed by atoms with Crippen molar-refractivity contribution in [2.24, 2.45) is 0 Å². The summed E-state index contributed by atoms with van der Waals surface area (Å²) in [6.07, 6.45) is 4.96. The Balaban J connectivity index is 1.70. The molecule has 0 bridgehead atoms. The fourth-order valence-corrected chi connectivity index (χ4v) is 3.18. The Morgan fingerprint density at radius 1 is 1.37 bits per heavy atom. The first-order valence-electron chi connectivity index (χ1n) is 6.68. The first-order chi connectivity index (χ1) is 9.36. The van der Waals surface area contributed by atoms with Crippen molar-refractivity contribution in [1.82, 2.24) is 15.3 Å². The lowest BCUT2D eigenvalue weighted by molar-refractivity contribution is 0.702. The van der Waals surface area contributed by atoms with Crippen LogP contribution < -0.4 is 10.2 Å². The Morgan fingerprint density at radius 3 is 3.00 bits per heavy atom. The third kappa shape index (κ3) is 2.77. The number of nitrogens with zero attached hydrogens (tertiary/aromatic N) is 3. The van der Waals surface area contributed by atoms with Crippen LogP contribution in [0.1, 0.15) is 22.9 Å². The smallest absolute Gasteiger partial charge is 0.225 e. The highest BCUT2D eigenvalue weighted by molar-refractivity contribution is 7.10. The maximum absolute atomic E-state index is 4.49.